The fourth-order valence-electron chi connectivity index (χ4n) is 2.28. The number of rotatable bonds is 6. The van der Waals surface area contributed by atoms with Gasteiger partial charge in [0.15, 0.2) is 0 Å². The maximum absolute atomic E-state index is 4.56. The topological polar surface area (TPSA) is 41.1 Å². The van der Waals surface area contributed by atoms with Gasteiger partial charge in [-0.25, -0.2) is 9.97 Å². The maximum Gasteiger partial charge on any atom is 0.144 e. The Hall–Kier alpha value is -1.16. The van der Waals surface area contributed by atoms with E-state index in [0.29, 0.717) is 6.04 Å². The van der Waals surface area contributed by atoms with E-state index in [1.54, 1.807) is 0 Å². The van der Waals surface area contributed by atoms with Crippen molar-refractivity contribution in [3.05, 3.63) is 17.6 Å². The third-order valence-corrected chi connectivity index (χ3v) is 3.65. The van der Waals surface area contributed by atoms with Gasteiger partial charge in [-0.1, -0.05) is 0 Å². The third-order valence-electron chi connectivity index (χ3n) is 3.65. The van der Waals surface area contributed by atoms with E-state index in [1.807, 2.05) is 13.0 Å². The van der Waals surface area contributed by atoms with E-state index >= 15 is 0 Å². The predicted molar refractivity (Wildman–Crippen MR) is 74.6 cm³/mol. The Morgan fingerprint density at radius 2 is 2.17 bits per heavy atom. The molecule has 4 heteroatoms. The van der Waals surface area contributed by atoms with Crippen molar-refractivity contribution in [3.63, 3.8) is 0 Å². The Bertz CT molecular complexity index is 401. The lowest BCUT2D eigenvalue weighted by Crippen LogP contribution is -2.31. The molecule has 0 aliphatic heterocycles. The normalized spacial score (nSPS) is 16.9. The van der Waals surface area contributed by atoms with Gasteiger partial charge in [-0.2, -0.15) is 0 Å². The number of hydrogen-bond donors (Lipinski definition) is 1. The van der Waals surface area contributed by atoms with Crippen molar-refractivity contribution in [2.45, 2.75) is 46.2 Å². The Morgan fingerprint density at radius 1 is 1.44 bits per heavy atom. The van der Waals surface area contributed by atoms with E-state index in [9.17, 15) is 0 Å². The van der Waals surface area contributed by atoms with E-state index in [4.69, 9.17) is 0 Å². The van der Waals surface area contributed by atoms with E-state index in [1.165, 1.54) is 12.8 Å². The Kier molecular flexibility index (Phi) is 4.17. The molecule has 1 aliphatic rings. The number of aromatic nitrogens is 2. The molecule has 0 amide bonds. The van der Waals surface area contributed by atoms with Crippen LogP contribution in [0.4, 0.5) is 5.82 Å². The number of anilines is 1. The highest BCUT2D eigenvalue weighted by molar-refractivity contribution is 5.35. The molecule has 1 unspecified atom stereocenters. The van der Waals surface area contributed by atoms with Crippen LogP contribution in [0.15, 0.2) is 6.07 Å². The number of nitrogens with zero attached hydrogens (tertiary/aromatic N) is 3. The van der Waals surface area contributed by atoms with Gasteiger partial charge in [-0.3, -0.25) is 4.90 Å². The standard InChI is InChI=1S/C14H24N4/c1-5-15-13-8-10(2)16-14(17-13)9-18(4)11(3)12-6-7-12/h8,11-12H,5-7,9H2,1-4H3,(H,15,16,17). The van der Waals surface area contributed by atoms with Crippen LogP contribution in [0.3, 0.4) is 0 Å². The minimum Gasteiger partial charge on any atom is -0.370 e. The molecule has 4 nitrogen and oxygen atoms in total. The second-order valence-corrected chi connectivity index (χ2v) is 5.33. The van der Waals surface area contributed by atoms with Crippen LogP contribution >= 0.6 is 0 Å². The summed E-state index contributed by atoms with van der Waals surface area (Å²) in [5.74, 6) is 2.74. The first-order valence-electron chi connectivity index (χ1n) is 6.88. The molecule has 0 spiro atoms. The molecule has 0 aromatic carbocycles. The van der Waals surface area contributed by atoms with E-state index in [2.05, 4.69) is 41.1 Å². The quantitative estimate of drug-likeness (QED) is 0.839. The first-order valence-corrected chi connectivity index (χ1v) is 6.88. The van der Waals surface area contributed by atoms with Crippen LogP contribution in [-0.4, -0.2) is 34.5 Å². The number of nitrogens with one attached hydrogen (secondary N) is 1. The molecule has 1 saturated carbocycles. The molecule has 1 N–H and O–H groups in total. The van der Waals surface area contributed by atoms with E-state index in [0.717, 1.165) is 36.3 Å². The smallest absolute Gasteiger partial charge is 0.144 e. The van der Waals surface area contributed by atoms with Gasteiger partial charge in [0.1, 0.15) is 11.6 Å². The molecule has 18 heavy (non-hydrogen) atoms. The highest BCUT2D eigenvalue weighted by Gasteiger charge is 2.30. The van der Waals surface area contributed by atoms with Gasteiger partial charge in [0.05, 0.1) is 6.54 Å². The van der Waals surface area contributed by atoms with Gasteiger partial charge < -0.3 is 5.32 Å². The summed E-state index contributed by atoms with van der Waals surface area (Å²) < 4.78 is 0. The minimum absolute atomic E-state index is 0.636. The first kappa shape index (κ1) is 13.3. The summed E-state index contributed by atoms with van der Waals surface area (Å²) in [6.45, 7) is 8.13. The van der Waals surface area contributed by atoms with Gasteiger partial charge in [0.25, 0.3) is 0 Å². The number of hydrogen-bond acceptors (Lipinski definition) is 4. The van der Waals surface area contributed by atoms with Crippen LogP contribution in [-0.2, 0) is 6.54 Å². The maximum atomic E-state index is 4.56. The van der Waals surface area contributed by atoms with Crippen molar-refractivity contribution in [2.24, 2.45) is 5.92 Å². The molecule has 0 radical (unpaired) electrons. The zero-order chi connectivity index (χ0) is 13.1. The minimum atomic E-state index is 0.636. The second kappa shape index (κ2) is 5.65. The second-order valence-electron chi connectivity index (χ2n) is 5.33. The molecule has 100 valence electrons. The first-order chi connectivity index (χ1) is 8.60. The number of aryl methyl sites for hydroxylation is 1. The monoisotopic (exact) mass is 248 g/mol. The van der Waals surface area contributed by atoms with Gasteiger partial charge >= 0.3 is 0 Å². The summed E-state index contributed by atoms with van der Waals surface area (Å²) in [7, 11) is 2.17. The molecule has 1 heterocycles. The van der Waals surface area contributed by atoms with Gasteiger partial charge in [-0.05, 0) is 46.6 Å². The van der Waals surface area contributed by atoms with Crippen molar-refractivity contribution < 1.29 is 0 Å². The summed E-state index contributed by atoms with van der Waals surface area (Å²) in [5.41, 5.74) is 1.03. The van der Waals surface area contributed by atoms with Crippen molar-refractivity contribution in [1.82, 2.24) is 14.9 Å². The summed E-state index contributed by atoms with van der Waals surface area (Å²) in [6.07, 6.45) is 2.76. The molecule has 1 fully saturated rings. The lowest BCUT2D eigenvalue weighted by Gasteiger charge is -2.23. The van der Waals surface area contributed by atoms with Crippen molar-refractivity contribution >= 4 is 5.82 Å². The summed E-state index contributed by atoms with van der Waals surface area (Å²) in [6, 6.07) is 2.63. The van der Waals surface area contributed by atoms with Crippen LogP contribution in [0.2, 0.25) is 0 Å². The van der Waals surface area contributed by atoms with Crippen molar-refractivity contribution in [2.75, 3.05) is 18.9 Å². The highest BCUT2D eigenvalue weighted by atomic mass is 15.2. The Labute approximate surface area is 110 Å². The van der Waals surface area contributed by atoms with Crippen LogP contribution in [0.1, 0.15) is 38.2 Å². The highest BCUT2D eigenvalue weighted by Crippen LogP contribution is 2.34. The van der Waals surface area contributed by atoms with Gasteiger partial charge in [0.2, 0.25) is 0 Å². The molecule has 0 saturated heterocycles. The molecule has 1 aromatic rings. The zero-order valence-electron chi connectivity index (χ0n) is 11.9. The van der Waals surface area contributed by atoms with Crippen LogP contribution in [0, 0.1) is 12.8 Å². The largest absolute Gasteiger partial charge is 0.370 e. The molecule has 1 aliphatic carbocycles. The molecule has 0 bridgehead atoms. The van der Waals surface area contributed by atoms with Gasteiger partial charge in [0, 0.05) is 24.3 Å². The lowest BCUT2D eigenvalue weighted by atomic mass is 10.2. The molecular weight excluding hydrogens is 224 g/mol. The average molecular weight is 248 g/mol. The Balaban J connectivity index is 2.02. The van der Waals surface area contributed by atoms with E-state index in [-0.39, 0.29) is 0 Å². The Morgan fingerprint density at radius 3 is 2.78 bits per heavy atom. The predicted octanol–water partition coefficient (Wildman–Crippen LogP) is 2.45. The average Bonchev–Trinajstić information content (AvgIpc) is 3.11. The summed E-state index contributed by atoms with van der Waals surface area (Å²) >= 11 is 0. The third kappa shape index (κ3) is 3.42. The van der Waals surface area contributed by atoms with Crippen LogP contribution < -0.4 is 5.32 Å². The van der Waals surface area contributed by atoms with Crippen molar-refractivity contribution in [3.8, 4) is 0 Å². The zero-order valence-corrected chi connectivity index (χ0v) is 11.9. The summed E-state index contributed by atoms with van der Waals surface area (Å²) in [4.78, 5) is 11.5. The fraction of sp³-hybridized carbons (Fsp3) is 0.714. The molecule has 2 rings (SSSR count). The van der Waals surface area contributed by atoms with Gasteiger partial charge in [-0.15, -0.1) is 0 Å². The van der Waals surface area contributed by atoms with Crippen molar-refractivity contribution in [1.29, 1.82) is 0 Å². The van der Waals surface area contributed by atoms with Crippen LogP contribution in [0.25, 0.3) is 0 Å². The lowest BCUT2D eigenvalue weighted by molar-refractivity contribution is 0.221. The fourth-order valence-corrected chi connectivity index (χ4v) is 2.28. The SMILES string of the molecule is CCNc1cc(C)nc(CN(C)C(C)C2CC2)n1. The van der Waals surface area contributed by atoms with E-state index < -0.39 is 0 Å². The molecular formula is C14H24N4. The molecule has 1 atom stereocenters. The molecule has 1 aromatic heterocycles. The summed E-state index contributed by atoms with van der Waals surface area (Å²) in [5, 5.41) is 3.26. The van der Waals surface area contributed by atoms with Crippen LogP contribution in [0.5, 0.6) is 0 Å².